The number of carbonyl (C=O) groups is 4. The van der Waals surface area contributed by atoms with Gasteiger partial charge >= 0.3 is 24.3 Å². The quantitative estimate of drug-likeness (QED) is 0.129. The molecule has 0 aromatic carbocycles. The van der Waals surface area contributed by atoms with Crippen LogP contribution < -0.4 is 5.32 Å². The number of nitrogens with one attached hydrogen (secondary N) is 1. The van der Waals surface area contributed by atoms with Crippen molar-refractivity contribution in [3.63, 3.8) is 0 Å². The molecule has 0 radical (unpaired) electrons. The van der Waals surface area contributed by atoms with E-state index in [1.807, 2.05) is 26.8 Å². The molecule has 4 heterocycles. The number of aliphatic imine (C=N–C) groups is 1. The number of ether oxygens (including phenoxy) is 3. The second-order valence-corrected chi connectivity index (χ2v) is 16.6. The van der Waals surface area contributed by atoms with Crippen LogP contribution in [0.5, 0.6) is 0 Å². The average molecular weight is 734 g/mol. The lowest BCUT2D eigenvalue weighted by Crippen LogP contribution is -2.54. The zero-order valence-corrected chi connectivity index (χ0v) is 32.7. The third-order valence-corrected chi connectivity index (χ3v) is 8.61. The minimum Gasteiger partial charge on any atom is -0.444 e. The Labute approximate surface area is 307 Å². The van der Waals surface area contributed by atoms with Gasteiger partial charge in [-0.15, -0.1) is 4.99 Å². The number of hydroxylamine groups is 2. The van der Waals surface area contributed by atoms with Crippen LogP contribution in [0.3, 0.4) is 0 Å². The Hall–Kier alpha value is -4.08. The lowest BCUT2D eigenvalue weighted by atomic mass is 9.98. The van der Waals surface area contributed by atoms with E-state index in [4.69, 9.17) is 23.6 Å². The summed E-state index contributed by atoms with van der Waals surface area (Å²) in [7, 11) is 0. The molecule has 1 aromatic heterocycles. The molecule has 0 spiro atoms. The number of alkyl carbamates (subject to hydrolysis) is 1. The van der Waals surface area contributed by atoms with Gasteiger partial charge in [-0.1, -0.05) is 18.5 Å². The van der Waals surface area contributed by atoms with Gasteiger partial charge in [-0.05, 0) is 94.4 Å². The monoisotopic (exact) mass is 733 g/mol. The fourth-order valence-electron chi connectivity index (χ4n) is 6.32. The van der Waals surface area contributed by atoms with Crippen molar-refractivity contribution in [2.75, 3.05) is 32.8 Å². The molecule has 3 aliphatic rings. The third kappa shape index (κ3) is 11.7. The van der Waals surface area contributed by atoms with Gasteiger partial charge in [0.1, 0.15) is 28.3 Å². The summed E-state index contributed by atoms with van der Waals surface area (Å²) in [5.41, 5.74) is -1.57. The van der Waals surface area contributed by atoms with E-state index in [0.29, 0.717) is 63.5 Å². The smallest absolute Gasteiger partial charge is 0.437 e. The molecule has 52 heavy (non-hydrogen) atoms. The number of hydrogen-bond donors (Lipinski definition) is 1. The zero-order valence-electron chi connectivity index (χ0n) is 32.7. The molecule has 0 unspecified atom stereocenters. The topological polar surface area (TPSA) is 169 Å². The van der Waals surface area contributed by atoms with Crippen molar-refractivity contribution in [3.8, 4) is 0 Å². The fraction of sp³-hybridized carbons (Fsp3) is 0.778. The largest absolute Gasteiger partial charge is 0.444 e. The van der Waals surface area contributed by atoms with Crippen LogP contribution in [0.15, 0.2) is 15.6 Å². The van der Waals surface area contributed by atoms with Crippen LogP contribution in [0, 0.1) is 0 Å². The highest BCUT2D eigenvalue weighted by atomic mass is 16.7. The Bertz CT molecular complexity index is 1430. The van der Waals surface area contributed by atoms with Crippen LogP contribution in [0.4, 0.5) is 19.2 Å². The van der Waals surface area contributed by atoms with Gasteiger partial charge in [0.25, 0.3) is 0 Å². The maximum absolute atomic E-state index is 13.6. The predicted octanol–water partition coefficient (Wildman–Crippen LogP) is 6.41. The number of likely N-dealkylation sites (tertiary alicyclic amines) is 1. The Balaban J connectivity index is 1.43. The van der Waals surface area contributed by atoms with Crippen molar-refractivity contribution in [1.29, 1.82) is 0 Å². The van der Waals surface area contributed by atoms with Crippen LogP contribution in [-0.2, 0) is 25.5 Å². The van der Waals surface area contributed by atoms with Crippen LogP contribution >= 0.6 is 0 Å². The van der Waals surface area contributed by atoms with E-state index >= 15 is 0 Å². The number of nitrogens with zero attached hydrogens (tertiary/aromatic N) is 6. The molecule has 292 valence electrons. The van der Waals surface area contributed by atoms with Crippen molar-refractivity contribution < 1.29 is 42.7 Å². The second-order valence-electron chi connectivity index (χ2n) is 16.6. The summed E-state index contributed by atoms with van der Waals surface area (Å²) in [6, 6.07) is 1.34. The molecular formula is C36H59N7O9. The van der Waals surface area contributed by atoms with Crippen molar-refractivity contribution in [2.45, 2.75) is 149 Å². The lowest BCUT2D eigenvalue weighted by molar-refractivity contribution is -0.130. The van der Waals surface area contributed by atoms with Gasteiger partial charge in [0.05, 0.1) is 18.7 Å². The molecular weight excluding hydrogens is 674 g/mol. The SMILES string of the molecule is CCCCON1C(=O)N2C[C@@H]1CC[C@H]2c1cc(CCN(C(=O)OC(C)(C)C)C2CCN(/C(=N\C(=O)OC(C)(C)C)NC(=O)OC(C)(C)C)CC2)on1. The number of urea groups is 1. The van der Waals surface area contributed by atoms with E-state index in [-0.39, 0.29) is 30.1 Å². The molecule has 0 aliphatic carbocycles. The van der Waals surface area contributed by atoms with Gasteiger partial charge in [-0.3, -0.25) is 10.2 Å². The standard InChI is InChI=1S/C36H59N7O9/c1-11-12-21-48-43-25-13-14-28(42(23-25)32(43)46)27-22-26(52-39-27)17-20-41(33(47)51-36(8,9)10)24-15-18-40(19-16-24)29(37-30(44)49-34(2,3)4)38-31(45)50-35(5,6)7/h22,24-25,28H,11-21,23H2,1-10H3,(H,37,38,44,45)/t25-,28-/m0/s1. The van der Waals surface area contributed by atoms with Crippen molar-refractivity contribution in [1.82, 2.24) is 30.2 Å². The first kappa shape index (κ1) is 40.7. The number of unbranched alkanes of at least 4 members (excludes halogenated alkanes) is 1. The number of aromatic nitrogens is 1. The fourth-order valence-corrected chi connectivity index (χ4v) is 6.32. The van der Waals surface area contributed by atoms with Crippen molar-refractivity contribution in [2.24, 2.45) is 4.99 Å². The van der Waals surface area contributed by atoms with E-state index < -0.39 is 35.1 Å². The van der Waals surface area contributed by atoms with Gasteiger partial charge in [0, 0.05) is 44.7 Å². The second kappa shape index (κ2) is 16.7. The highest BCUT2D eigenvalue weighted by molar-refractivity contribution is 5.99. The summed E-state index contributed by atoms with van der Waals surface area (Å²) in [4.78, 5) is 67.3. The summed E-state index contributed by atoms with van der Waals surface area (Å²) < 4.78 is 22.4. The number of carbonyl (C=O) groups excluding carboxylic acids is 4. The molecule has 4 rings (SSSR count). The first-order valence-corrected chi connectivity index (χ1v) is 18.5. The average Bonchev–Trinajstić information content (AvgIpc) is 3.57. The molecule has 0 saturated carbocycles. The summed E-state index contributed by atoms with van der Waals surface area (Å²) in [5.74, 6) is 0.611. The third-order valence-electron chi connectivity index (χ3n) is 8.61. The number of piperidine rings is 2. The number of guanidine groups is 1. The maximum atomic E-state index is 13.6. The number of hydrogen-bond acceptors (Lipinski definition) is 10. The molecule has 3 fully saturated rings. The van der Waals surface area contributed by atoms with E-state index in [2.05, 4.69) is 22.4 Å². The Morgan fingerprint density at radius 1 is 0.962 bits per heavy atom. The molecule has 2 atom stereocenters. The number of amides is 5. The Morgan fingerprint density at radius 2 is 1.62 bits per heavy atom. The molecule has 16 heteroatoms. The van der Waals surface area contributed by atoms with Gasteiger partial charge in [-0.25, -0.2) is 19.2 Å². The normalized spacial score (nSPS) is 20.2. The van der Waals surface area contributed by atoms with Crippen molar-refractivity contribution >= 4 is 30.3 Å². The highest BCUT2D eigenvalue weighted by Crippen LogP contribution is 2.38. The molecule has 5 amide bonds. The first-order chi connectivity index (χ1) is 24.2. The van der Waals surface area contributed by atoms with Gasteiger partial charge in [-0.2, -0.15) is 5.06 Å². The zero-order chi connectivity index (χ0) is 38.4. The maximum Gasteiger partial charge on any atom is 0.437 e. The molecule has 16 nitrogen and oxygen atoms in total. The predicted molar refractivity (Wildman–Crippen MR) is 191 cm³/mol. The van der Waals surface area contributed by atoms with E-state index in [9.17, 15) is 19.2 Å². The molecule has 2 bridgehead atoms. The van der Waals surface area contributed by atoms with Crippen LogP contribution in [-0.4, -0.2) is 117 Å². The molecule has 3 aliphatic heterocycles. The van der Waals surface area contributed by atoms with Crippen LogP contribution in [0.2, 0.25) is 0 Å². The summed E-state index contributed by atoms with van der Waals surface area (Å²) >= 11 is 0. The van der Waals surface area contributed by atoms with Crippen molar-refractivity contribution in [3.05, 3.63) is 17.5 Å². The van der Waals surface area contributed by atoms with E-state index in [1.54, 1.807) is 56.2 Å². The summed E-state index contributed by atoms with van der Waals surface area (Å²) in [6.45, 7) is 20.1. The lowest BCUT2D eigenvalue weighted by Gasteiger charge is -2.39. The van der Waals surface area contributed by atoms with E-state index in [1.165, 1.54) is 5.06 Å². The first-order valence-electron chi connectivity index (χ1n) is 18.5. The van der Waals surface area contributed by atoms with Gasteiger partial charge < -0.3 is 33.4 Å². The minimum absolute atomic E-state index is 0.0149. The molecule has 1 N–H and O–H groups in total. The summed E-state index contributed by atoms with van der Waals surface area (Å²) in [6.07, 6.45) is 2.77. The number of rotatable bonds is 9. The van der Waals surface area contributed by atoms with Gasteiger partial charge in [0.2, 0.25) is 5.96 Å². The molecule has 3 saturated heterocycles. The number of fused-ring (bicyclic) bond motifs is 2. The highest BCUT2D eigenvalue weighted by Gasteiger charge is 2.47. The van der Waals surface area contributed by atoms with E-state index in [0.717, 1.165) is 25.7 Å². The minimum atomic E-state index is -0.845. The van der Waals surface area contributed by atoms with Crippen LogP contribution in [0.1, 0.15) is 125 Å². The van der Waals surface area contributed by atoms with Crippen LogP contribution in [0.25, 0.3) is 0 Å². The summed E-state index contributed by atoms with van der Waals surface area (Å²) in [5, 5.41) is 8.49. The molecule has 1 aromatic rings. The Morgan fingerprint density at radius 3 is 2.23 bits per heavy atom. The Kier molecular flexibility index (Phi) is 13.1. The van der Waals surface area contributed by atoms with Gasteiger partial charge in [0.15, 0.2) is 0 Å².